The molecule has 0 aromatic heterocycles. The lowest BCUT2D eigenvalue weighted by atomic mass is 10.1. The molecule has 0 saturated heterocycles. The summed E-state index contributed by atoms with van der Waals surface area (Å²) in [5.41, 5.74) is 1.67. The lowest BCUT2D eigenvalue weighted by Crippen LogP contribution is -2.35. The maximum absolute atomic E-state index is 12.7. The first-order valence-corrected chi connectivity index (χ1v) is 10.8. The predicted molar refractivity (Wildman–Crippen MR) is 103 cm³/mol. The van der Waals surface area contributed by atoms with Gasteiger partial charge in [0.05, 0.1) is 4.90 Å². The molecule has 1 aromatic carbocycles. The Balaban J connectivity index is 2.26. The topological polar surface area (TPSA) is 69.7 Å². The van der Waals surface area contributed by atoms with Crippen molar-refractivity contribution in [1.29, 1.82) is 0 Å². The van der Waals surface area contributed by atoms with Gasteiger partial charge in [-0.3, -0.25) is 4.79 Å². The van der Waals surface area contributed by atoms with Crippen LogP contribution in [0.5, 0.6) is 0 Å². The molecule has 0 fully saturated rings. The van der Waals surface area contributed by atoms with E-state index in [0.29, 0.717) is 23.2 Å². The molecule has 2 rings (SSSR count). The highest BCUT2D eigenvalue weighted by Gasteiger charge is 2.31. The number of hydrogen-bond acceptors (Lipinski definition) is 4. The molecule has 1 aliphatic rings. The van der Waals surface area contributed by atoms with Gasteiger partial charge in [0.2, 0.25) is 15.9 Å². The Kier molecular flexibility index (Phi) is 6.64. The van der Waals surface area contributed by atoms with Crippen LogP contribution < -0.4 is 9.62 Å². The second-order valence-electron chi connectivity index (χ2n) is 6.28. The highest BCUT2D eigenvalue weighted by atomic mass is 79.9. The number of likely N-dealkylation sites (N-methyl/N-ethyl adjacent to an activating group) is 1. The smallest absolute Gasteiger partial charge is 0.241 e. The van der Waals surface area contributed by atoms with Gasteiger partial charge < -0.3 is 9.80 Å². The average Bonchev–Trinajstić information content (AvgIpc) is 2.85. The summed E-state index contributed by atoms with van der Waals surface area (Å²) in [4.78, 5) is 15.9. The minimum Gasteiger partial charge on any atom is -0.309 e. The third-order valence-corrected chi connectivity index (χ3v) is 7.01. The zero-order valence-corrected chi connectivity index (χ0v) is 17.6. The molecule has 8 heteroatoms. The van der Waals surface area contributed by atoms with E-state index in [1.54, 1.807) is 11.0 Å². The van der Waals surface area contributed by atoms with E-state index in [4.69, 9.17) is 0 Å². The van der Waals surface area contributed by atoms with Gasteiger partial charge in [-0.15, -0.1) is 0 Å². The van der Waals surface area contributed by atoms with Gasteiger partial charge in [-0.1, -0.05) is 13.8 Å². The molecule has 0 spiro atoms. The molecule has 0 bridgehead atoms. The molecular formula is C17H26BrN3O3S. The van der Waals surface area contributed by atoms with E-state index in [1.165, 1.54) is 6.92 Å². The van der Waals surface area contributed by atoms with Gasteiger partial charge in [0, 0.05) is 36.2 Å². The Labute approximate surface area is 158 Å². The highest BCUT2D eigenvalue weighted by Crippen LogP contribution is 2.37. The molecule has 0 radical (unpaired) electrons. The van der Waals surface area contributed by atoms with Crippen LogP contribution in [0.15, 0.2) is 21.5 Å². The van der Waals surface area contributed by atoms with Crippen molar-refractivity contribution in [3.05, 3.63) is 22.2 Å². The Hall–Kier alpha value is -0.960. The predicted octanol–water partition coefficient (Wildman–Crippen LogP) is 2.37. The summed E-state index contributed by atoms with van der Waals surface area (Å²) in [7, 11) is -3.65. The summed E-state index contributed by atoms with van der Waals surface area (Å²) >= 11 is 3.38. The fraction of sp³-hybridized carbons (Fsp3) is 0.588. The second kappa shape index (κ2) is 8.16. The monoisotopic (exact) mass is 431 g/mol. The third kappa shape index (κ3) is 4.42. The minimum absolute atomic E-state index is 0.0352. The van der Waals surface area contributed by atoms with Crippen LogP contribution in [0.25, 0.3) is 0 Å². The van der Waals surface area contributed by atoms with Crippen LogP contribution in [0.1, 0.15) is 33.3 Å². The molecular weight excluding hydrogens is 406 g/mol. The third-order valence-electron chi connectivity index (χ3n) is 4.59. The lowest BCUT2D eigenvalue weighted by molar-refractivity contribution is -0.116. The fourth-order valence-electron chi connectivity index (χ4n) is 3.26. The van der Waals surface area contributed by atoms with Crippen LogP contribution in [-0.2, 0) is 21.2 Å². The van der Waals surface area contributed by atoms with Gasteiger partial charge in [0.15, 0.2) is 0 Å². The molecule has 0 aliphatic carbocycles. The number of fused-ring (bicyclic) bond motifs is 1. The van der Waals surface area contributed by atoms with Crippen molar-refractivity contribution in [3.63, 3.8) is 0 Å². The summed E-state index contributed by atoms with van der Waals surface area (Å²) in [5, 5.41) is 0. The molecule has 0 saturated carbocycles. The molecule has 140 valence electrons. The van der Waals surface area contributed by atoms with E-state index in [-0.39, 0.29) is 16.8 Å². The normalized spacial score (nSPS) is 17.2. The second-order valence-corrected chi connectivity index (χ2v) is 8.87. The van der Waals surface area contributed by atoms with E-state index in [0.717, 1.165) is 25.1 Å². The van der Waals surface area contributed by atoms with Gasteiger partial charge in [-0.2, -0.15) is 0 Å². The van der Waals surface area contributed by atoms with Crippen molar-refractivity contribution in [3.8, 4) is 0 Å². The van der Waals surface area contributed by atoms with Crippen LogP contribution in [0.3, 0.4) is 0 Å². The molecule has 1 amide bonds. The summed E-state index contributed by atoms with van der Waals surface area (Å²) in [6, 6.07) is 3.45. The van der Waals surface area contributed by atoms with Crippen molar-refractivity contribution >= 4 is 37.5 Å². The van der Waals surface area contributed by atoms with Crippen molar-refractivity contribution in [2.24, 2.45) is 0 Å². The molecule has 6 nitrogen and oxygen atoms in total. The van der Waals surface area contributed by atoms with E-state index in [2.05, 4.69) is 25.6 Å². The number of rotatable bonds is 7. The standard InChI is InChI=1S/C17H26BrN3O3S/c1-5-20(6-2)8-7-19-25(23,24)17-11-16-14(10-15(17)18)9-12(3)21(16)13(4)22/h10-12,19H,5-9H2,1-4H3. The van der Waals surface area contributed by atoms with Gasteiger partial charge in [-0.05, 0) is 60.1 Å². The number of anilines is 1. The van der Waals surface area contributed by atoms with Crippen LogP contribution >= 0.6 is 15.9 Å². The summed E-state index contributed by atoms with van der Waals surface area (Å²) in [5.74, 6) is -0.0774. The van der Waals surface area contributed by atoms with E-state index in [9.17, 15) is 13.2 Å². The maximum Gasteiger partial charge on any atom is 0.241 e. The van der Waals surface area contributed by atoms with E-state index >= 15 is 0 Å². The molecule has 25 heavy (non-hydrogen) atoms. The first kappa shape index (κ1) is 20.4. The number of nitrogens with one attached hydrogen (secondary N) is 1. The fourth-order valence-corrected chi connectivity index (χ4v) is 5.39. The van der Waals surface area contributed by atoms with Crippen molar-refractivity contribution < 1.29 is 13.2 Å². The minimum atomic E-state index is -3.65. The number of amides is 1. The molecule has 1 heterocycles. The van der Waals surface area contributed by atoms with E-state index in [1.807, 2.05) is 26.8 Å². The zero-order valence-electron chi connectivity index (χ0n) is 15.2. The number of benzene rings is 1. The Morgan fingerprint density at radius 3 is 2.56 bits per heavy atom. The quantitative estimate of drug-likeness (QED) is 0.719. The van der Waals surface area contributed by atoms with Gasteiger partial charge >= 0.3 is 0 Å². The zero-order chi connectivity index (χ0) is 18.8. The largest absolute Gasteiger partial charge is 0.309 e. The molecule has 1 atom stereocenters. The van der Waals surface area contributed by atoms with Crippen LogP contribution in [0.2, 0.25) is 0 Å². The molecule has 1 N–H and O–H groups in total. The van der Waals surface area contributed by atoms with Crippen LogP contribution in [0.4, 0.5) is 5.69 Å². The van der Waals surface area contributed by atoms with E-state index < -0.39 is 10.0 Å². The van der Waals surface area contributed by atoms with Gasteiger partial charge in [0.25, 0.3) is 0 Å². The number of carbonyl (C=O) groups excluding carboxylic acids is 1. The van der Waals surface area contributed by atoms with Gasteiger partial charge in [-0.25, -0.2) is 13.1 Å². The molecule has 1 aliphatic heterocycles. The lowest BCUT2D eigenvalue weighted by Gasteiger charge is -2.21. The number of nitrogens with zero attached hydrogens (tertiary/aromatic N) is 2. The first-order valence-electron chi connectivity index (χ1n) is 8.55. The highest BCUT2D eigenvalue weighted by molar-refractivity contribution is 9.10. The SMILES string of the molecule is CCN(CC)CCNS(=O)(=O)c1cc2c(cc1Br)CC(C)N2C(C)=O. The number of sulfonamides is 1. The summed E-state index contributed by atoms with van der Waals surface area (Å²) < 4.78 is 28.6. The van der Waals surface area contributed by atoms with Crippen molar-refractivity contribution in [1.82, 2.24) is 9.62 Å². The molecule has 1 unspecified atom stereocenters. The number of carbonyl (C=O) groups is 1. The Bertz CT molecular complexity index is 748. The number of hydrogen-bond donors (Lipinski definition) is 1. The van der Waals surface area contributed by atoms with Crippen molar-refractivity contribution in [2.45, 2.75) is 45.1 Å². The Morgan fingerprint density at radius 1 is 1.36 bits per heavy atom. The maximum atomic E-state index is 12.7. The van der Waals surface area contributed by atoms with Crippen molar-refractivity contribution in [2.75, 3.05) is 31.1 Å². The summed E-state index contributed by atoms with van der Waals surface area (Å²) in [6.07, 6.45) is 0.725. The molecule has 1 aromatic rings. The first-order chi connectivity index (χ1) is 11.7. The van der Waals surface area contributed by atoms with Crippen LogP contribution in [-0.4, -0.2) is 51.4 Å². The summed E-state index contributed by atoms with van der Waals surface area (Å²) in [6.45, 7) is 10.3. The average molecular weight is 432 g/mol. The van der Waals surface area contributed by atoms with Crippen LogP contribution in [0, 0.1) is 0 Å². The Morgan fingerprint density at radius 2 is 2.00 bits per heavy atom. The van der Waals surface area contributed by atoms with Gasteiger partial charge in [0.1, 0.15) is 0 Å². The number of halogens is 1.